The molecule has 4 aliphatic rings. The number of halogens is 2. The van der Waals surface area contributed by atoms with E-state index in [0.29, 0.717) is 46.5 Å². The Hall–Kier alpha value is -8.59. The maximum absolute atomic E-state index is 12.7. The summed E-state index contributed by atoms with van der Waals surface area (Å²) in [5.74, 6) is 7.52. The zero-order chi connectivity index (χ0) is 93.4. The predicted octanol–water partition coefficient (Wildman–Crippen LogP) is 30.7. The first-order valence-corrected chi connectivity index (χ1v) is 46.6. The number of pyridine rings is 1. The number of nitriles is 2. The molecule has 2 saturated carbocycles. The summed E-state index contributed by atoms with van der Waals surface area (Å²) >= 11 is 7.91. The quantitative estimate of drug-likeness (QED) is 0.0970. The summed E-state index contributed by atoms with van der Waals surface area (Å²) in [5, 5.41) is 18.1. The molecule has 11 nitrogen and oxygen atoms in total. The molecule has 1 saturated heterocycles. The highest BCUT2D eigenvalue weighted by Gasteiger charge is 2.45. The minimum absolute atomic E-state index is 0.119. The lowest BCUT2D eigenvalue weighted by Crippen LogP contribution is -2.41. The fourth-order valence-electron chi connectivity index (χ4n) is 13.2. The Labute approximate surface area is 766 Å². The smallest absolute Gasteiger partial charge is 0.147 e. The molecule has 6 aromatic carbocycles. The topological polar surface area (TPSA) is 136 Å². The van der Waals surface area contributed by atoms with Gasteiger partial charge in [0.25, 0.3) is 0 Å². The second-order valence-corrected chi connectivity index (χ2v) is 46.1. The van der Waals surface area contributed by atoms with Gasteiger partial charge in [0.15, 0.2) is 0 Å². The number of hydrogen-bond donors (Lipinski definition) is 0. The molecular formula is C111H158ClFN6O5S. The van der Waals surface area contributed by atoms with Crippen LogP contribution in [0, 0.1) is 98.0 Å². The standard InChI is InChI=1S/2C14H20O.C13H17F.C13H21N3.C13H17NO.C12H17ClO.C12H15NO.C10H15N.C10H16S/c1-14(2,3)12-6-8-13(9-7-12)15-10-11-4-5-11;1-14(2,3)10-15-13-8-7-11-5-4-6-12(11)9-13;1-13(2,3)12-8-11(12)9-4-6-10(14)7-5-9;1-13(2,3)11-5-4-8-16(10-11)12-9-14-6-7-15-12;1-10(13(2,3)4)15-12-7-5-11(9-14)6-8-12;1-12(2,3)9-14-8-10-6-4-5-7-11(10)13;1-12(2,3)9-14-11-6-4-5-10(7-11)8-13;1-8-6-5-7-9(11-8)10(2,3)4;1-8-5-6-9(11-8)7-10(2,3)4/h6-9,11H,4-5,10H2,1-3H3;7-9H,4-6,10H2,1-3H3;4-7,11-12H,8H2,1-3H3;6-7,9,11H,4-5,8,10H2,1-3H3;5-8,10H,1-4H3;4-7H,8-9H2,1-3H3;4-7H,9H2,1-3H3;5-7H,1-4H3;5-6H,7H2,1-4H3. The van der Waals surface area contributed by atoms with Gasteiger partial charge in [-0.1, -0.05) is 259 Å². The molecule has 4 unspecified atom stereocenters. The van der Waals surface area contributed by atoms with Crippen molar-refractivity contribution in [1.29, 1.82) is 10.5 Å². The summed E-state index contributed by atoms with van der Waals surface area (Å²) < 4.78 is 41.1. The van der Waals surface area contributed by atoms with E-state index in [-0.39, 0.29) is 44.4 Å². The van der Waals surface area contributed by atoms with Crippen molar-refractivity contribution in [2.45, 2.75) is 295 Å². The van der Waals surface area contributed by atoms with E-state index >= 15 is 0 Å². The van der Waals surface area contributed by atoms with Gasteiger partial charge in [-0.15, -0.1) is 11.3 Å². The molecule has 125 heavy (non-hydrogen) atoms. The average Bonchev–Trinajstić information content (AvgIpc) is 1.62. The Kier molecular flexibility index (Phi) is 42.0. The van der Waals surface area contributed by atoms with Crippen LogP contribution >= 0.6 is 22.9 Å². The van der Waals surface area contributed by atoms with Crippen molar-refractivity contribution in [1.82, 2.24) is 15.0 Å². The van der Waals surface area contributed by atoms with Crippen LogP contribution in [-0.2, 0) is 41.4 Å². The molecule has 0 radical (unpaired) electrons. The fraction of sp³-hybridized carbons (Fsp3) is 0.541. The number of ether oxygens (including phenoxy) is 5. The largest absolute Gasteiger partial charge is 0.493 e. The fourth-order valence-corrected chi connectivity index (χ4v) is 14.5. The van der Waals surface area contributed by atoms with Gasteiger partial charge < -0.3 is 28.6 Å². The van der Waals surface area contributed by atoms with E-state index in [0.717, 1.165) is 101 Å². The number of fused-ring (bicyclic) bond motifs is 1. The van der Waals surface area contributed by atoms with Crippen molar-refractivity contribution in [3.05, 3.63) is 259 Å². The van der Waals surface area contributed by atoms with Crippen LogP contribution in [0.2, 0.25) is 5.02 Å². The average molecular weight is 1740 g/mol. The van der Waals surface area contributed by atoms with Crippen LogP contribution in [0.5, 0.6) is 23.0 Å². The summed E-state index contributed by atoms with van der Waals surface area (Å²) in [6.07, 6.45) is 17.0. The minimum Gasteiger partial charge on any atom is -0.493 e. The molecule has 3 fully saturated rings. The lowest BCUT2D eigenvalue weighted by Gasteiger charge is -2.40. The van der Waals surface area contributed by atoms with Crippen LogP contribution in [0.15, 0.2) is 188 Å². The van der Waals surface area contributed by atoms with Gasteiger partial charge in [0.2, 0.25) is 0 Å². The Bertz CT molecular complexity index is 4670. The maximum atomic E-state index is 12.7. The Morgan fingerprint density at radius 1 is 0.544 bits per heavy atom. The number of anilines is 1. The first kappa shape index (κ1) is 107. The highest BCUT2D eigenvalue weighted by Crippen LogP contribution is 2.56. The summed E-state index contributed by atoms with van der Waals surface area (Å²) in [6, 6.07) is 59.0. The van der Waals surface area contributed by atoms with Crippen LogP contribution in [0.4, 0.5) is 10.2 Å². The monoisotopic (exact) mass is 1740 g/mol. The second kappa shape index (κ2) is 49.1. The van der Waals surface area contributed by atoms with Crippen LogP contribution in [0.1, 0.15) is 298 Å². The highest BCUT2D eigenvalue weighted by atomic mass is 35.5. The zero-order valence-electron chi connectivity index (χ0n) is 82.5. The third-order valence-electron chi connectivity index (χ3n) is 21.4. The molecule has 4 heterocycles. The third kappa shape index (κ3) is 44.6. The molecule has 3 aliphatic carbocycles. The van der Waals surface area contributed by atoms with Gasteiger partial charge in [-0.2, -0.15) is 10.5 Å². The number of hydrogen-bond acceptors (Lipinski definition) is 12. The van der Waals surface area contributed by atoms with Gasteiger partial charge in [0.1, 0.15) is 40.7 Å². The van der Waals surface area contributed by atoms with Gasteiger partial charge >= 0.3 is 0 Å². The van der Waals surface area contributed by atoms with Crippen LogP contribution in [-0.4, -0.2) is 60.6 Å². The molecule has 0 spiro atoms. The maximum Gasteiger partial charge on any atom is 0.147 e. The molecule has 13 rings (SSSR count). The van der Waals surface area contributed by atoms with Gasteiger partial charge in [-0.25, -0.2) is 9.37 Å². The van der Waals surface area contributed by atoms with E-state index < -0.39 is 0 Å². The van der Waals surface area contributed by atoms with E-state index in [9.17, 15) is 4.39 Å². The third-order valence-corrected chi connectivity index (χ3v) is 22.8. The van der Waals surface area contributed by atoms with E-state index in [2.05, 4.69) is 300 Å². The summed E-state index contributed by atoms with van der Waals surface area (Å²) in [5.41, 5.74) is 12.6. The van der Waals surface area contributed by atoms with E-state index in [1.807, 2.05) is 91.2 Å². The van der Waals surface area contributed by atoms with Crippen LogP contribution in [0.3, 0.4) is 0 Å². The molecule has 0 bridgehead atoms. The number of aromatic nitrogens is 3. The molecule has 14 heteroatoms. The van der Waals surface area contributed by atoms with Crippen LogP contribution in [0.25, 0.3) is 0 Å². The predicted molar refractivity (Wildman–Crippen MR) is 527 cm³/mol. The number of thiophene rings is 1. The second-order valence-electron chi connectivity index (χ2n) is 44.3. The van der Waals surface area contributed by atoms with Crippen molar-refractivity contribution in [3.8, 4) is 35.1 Å². The molecule has 4 atom stereocenters. The van der Waals surface area contributed by atoms with E-state index in [4.69, 9.17) is 45.8 Å². The molecule has 1 aliphatic heterocycles. The molecular weight excluding hydrogens is 1580 g/mol. The first-order chi connectivity index (χ1) is 58.1. The van der Waals surface area contributed by atoms with Crippen LogP contribution < -0.4 is 23.8 Å². The minimum atomic E-state index is -0.137. The Morgan fingerprint density at radius 2 is 1.13 bits per heavy atom. The van der Waals surface area contributed by atoms with Gasteiger partial charge in [0.05, 0.1) is 62.5 Å². The Balaban J connectivity index is 0.000000250. The summed E-state index contributed by atoms with van der Waals surface area (Å²) in [7, 11) is 0. The number of benzene rings is 6. The van der Waals surface area contributed by atoms with Crippen molar-refractivity contribution in [3.63, 3.8) is 0 Å². The molecule has 3 aromatic heterocycles. The highest BCUT2D eigenvalue weighted by molar-refractivity contribution is 7.11. The van der Waals surface area contributed by atoms with Crippen molar-refractivity contribution < 1.29 is 28.1 Å². The van der Waals surface area contributed by atoms with E-state index in [1.54, 1.807) is 48.8 Å². The number of piperidine rings is 1. The van der Waals surface area contributed by atoms with Gasteiger partial charge in [0, 0.05) is 57.1 Å². The molecule has 0 amide bonds. The lowest BCUT2D eigenvalue weighted by molar-refractivity contribution is 0.0599. The first-order valence-electron chi connectivity index (χ1n) is 45.4. The van der Waals surface area contributed by atoms with Crippen molar-refractivity contribution in [2.24, 2.45) is 55.7 Å². The van der Waals surface area contributed by atoms with Crippen molar-refractivity contribution in [2.75, 3.05) is 44.4 Å². The normalized spacial score (nSPS) is 15.7. The number of nitrogens with zero attached hydrogens (tertiary/aromatic N) is 6. The zero-order valence-corrected chi connectivity index (χ0v) is 84.1. The number of aryl methyl sites for hydroxylation is 4. The summed E-state index contributed by atoms with van der Waals surface area (Å²) in [4.78, 5) is 18.3. The van der Waals surface area contributed by atoms with Gasteiger partial charge in [-0.3, -0.25) is 9.97 Å². The molecule has 682 valence electrons. The van der Waals surface area contributed by atoms with Gasteiger partial charge in [-0.05, 0) is 283 Å². The van der Waals surface area contributed by atoms with E-state index in [1.165, 1.54) is 89.8 Å². The number of rotatable bonds is 15. The lowest BCUT2D eigenvalue weighted by atomic mass is 9.76. The Morgan fingerprint density at radius 3 is 1.62 bits per heavy atom. The SMILES string of the molecule is CC(C)(C)C1CC1c1ccc(F)cc1.CC(C)(C)C1CCCN(c2cnccn2)C1.CC(C)(C)COCc1ccccc1Cl.CC(C)(C)COc1ccc2c(c1)CCC2.CC(C)(C)COc1cccc(C#N)c1.CC(C)(C)c1ccc(OCC2CC2)cc1.CC(Oc1ccc(C#N)cc1)C(C)(C)C.Cc1ccc(CC(C)(C)C)s1.Cc1cccc(C(C)(C)C)n1. The molecule has 9 aromatic rings. The van der Waals surface area contributed by atoms with Crippen molar-refractivity contribution >= 4 is 28.8 Å². The molecule has 0 N–H and O–H groups in total. The summed E-state index contributed by atoms with van der Waals surface area (Å²) in [6.45, 7) is 71.8.